The van der Waals surface area contributed by atoms with Crippen LogP contribution in [0.3, 0.4) is 0 Å². The molecule has 0 atom stereocenters. The van der Waals surface area contributed by atoms with Gasteiger partial charge in [0.05, 0.1) is 20.1 Å². The van der Waals surface area contributed by atoms with Gasteiger partial charge in [-0.25, -0.2) is 3.15 Å². The van der Waals surface area contributed by atoms with Crippen molar-refractivity contribution in [2.75, 3.05) is 7.05 Å². The van der Waals surface area contributed by atoms with E-state index in [4.69, 9.17) is 11.6 Å². The summed E-state index contributed by atoms with van der Waals surface area (Å²) in [5, 5.41) is 0.767. The minimum Gasteiger partial charge on any atom is -0.313 e. The molecule has 6 heteroatoms. The molecule has 0 aliphatic carbocycles. The smallest absolute Gasteiger partial charge is 0.120 e. The number of nitrogens with zero attached hydrogens (tertiary/aromatic N) is 3. The SMILES string of the molecule is CN1C=C(c2cc3nccc(Cl)c3s2)N=I1. The average molecular weight is 364 g/mol. The van der Waals surface area contributed by atoms with Crippen LogP contribution in [0.15, 0.2) is 27.7 Å². The van der Waals surface area contributed by atoms with Gasteiger partial charge < -0.3 is 3.11 Å². The zero-order chi connectivity index (χ0) is 11.1. The van der Waals surface area contributed by atoms with E-state index in [1.165, 1.54) is 0 Å². The molecule has 0 unspecified atom stereocenters. The van der Waals surface area contributed by atoms with Crippen molar-refractivity contribution >= 4 is 60.2 Å². The molecule has 3 nitrogen and oxygen atoms in total. The molecule has 0 spiro atoms. The van der Waals surface area contributed by atoms with Crippen LogP contribution in [0.5, 0.6) is 0 Å². The molecule has 1 aliphatic heterocycles. The highest BCUT2D eigenvalue weighted by molar-refractivity contribution is 14.1. The van der Waals surface area contributed by atoms with Gasteiger partial charge in [-0.15, -0.1) is 11.3 Å². The maximum absolute atomic E-state index is 6.12. The Hall–Kier alpha value is -0.530. The zero-order valence-corrected chi connectivity index (χ0v) is 12.0. The van der Waals surface area contributed by atoms with Gasteiger partial charge in [0.2, 0.25) is 0 Å². The lowest BCUT2D eigenvalue weighted by Crippen LogP contribution is -1.88. The van der Waals surface area contributed by atoms with Gasteiger partial charge in [-0.05, 0) is 12.1 Å². The number of halogens is 2. The Morgan fingerprint density at radius 1 is 1.50 bits per heavy atom. The van der Waals surface area contributed by atoms with Crippen molar-refractivity contribution in [1.29, 1.82) is 0 Å². The summed E-state index contributed by atoms with van der Waals surface area (Å²) in [6.45, 7) is 0. The number of fused-ring (bicyclic) bond motifs is 1. The summed E-state index contributed by atoms with van der Waals surface area (Å²) < 4.78 is 7.75. The standard InChI is InChI=1S/C10H7ClIN3S/c1-15-5-8(14-12-15)9-4-7-10(16-9)6(11)2-3-13-7/h2-5H,1H3. The molecular formula is C10H7ClIN3S. The molecule has 0 radical (unpaired) electrons. The Labute approximate surface area is 112 Å². The molecule has 0 saturated carbocycles. The first-order valence-electron chi connectivity index (χ1n) is 4.58. The van der Waals surface area contributed by atoms with Crippen molar-refractivity contribution in [2.24, 2.45) is 3.15 Å². The molecule has 3 heterocycles. The van der Waals surface area contributed by atoms with Crippen LogP contribution in [0, 0.1) is 0 Å². The van der Waals surface area contributed by atoms with Crippen LogP contribution in [-0.4, -0.2) is 15.1 Å². The Balaban J connectivity index is 2.16. The van der Waals surface area contributed by atoms with Crippen molar-refractivity contribution in [3.8, 4) is 0 Å². The summed E-state index contributed by atoms with van der Waals surface area (Å²) in [6.07, 6.45) is 3.83. The second-order valence-corrected chi connectivity index (χ2v) is 7.21. The highest BCUT2D eigenvalue weighted by atomic mass is 127. The first kappa shape index (κ1) is 10.6. The average Bonchev–Trinajstić information content (AvgIpc) is 2.84. The molecule has 0 aromatic carbocycles. The minimum atomic E-state index is -0.205. The van der Waals surface area contributed by atoms with Crippen molar-refractivity contribution in [2.45, 2.75) is 0 Å². The van der Waals surface area contributed by atoms with Crippen molar-refractivity contribution in [1.82, 2.24) is 8.10 Å². The Kier molecular flexibility index (Phi) is 2.68. The first-order valence-corrected chi connectivity index (χ1v) is 7.71. The molecule has 0 bridgehead atoms. The van der Waals surface area contributed by atoms with Gasteiger partial charge in [-0.1, -0.05) is 11.6 Å². The van der Waals surface area contributed by atoms with Gasteiger partial charge in [0, 0.05) is 19.4 Å². The normalized spacial score (nSPS) is 15.4. The van der Waals surface area contributed by atoms with Crippen LogP contribution >= 0.6 is 44.2 Å². The summed E-state index contributed by atoms with van der Waals surface area (Å²) >= 11 is 7.57. The van der Waals surface area contributed by atoms with Crippen LogP contribution < -0.4 is 0 Å². The third-order valence-corrected chi connectivity index (χ3v) is 5.47. The van der Waals surface area contributed by atoms with E-state index in [0.717, 1.165) is 25.8 Å². The topological polar surface area (TPSA) is 28.5 Å². The number of hydrogen-bond acceptors (Lipinski definition) is 4. The quantitative estimate of drug-likeness (QED) is 0.559. The maximum atomic E-state index is 6.12. The molecule has 3 rings (SSSR count). The van der Waals surface area contributed by atoms with Gasteiger partial charge >= 0.3 is 0 Å². The summed E-state index contributed by atoms with van der Waals surface area (Å²) in [5.41, 5.74) is 2.02. The van der Waals surface area contributed by atoms with Crippen LogP contribution in [0.25, 0.3) is 15.9 Å². The molecule has 0 N–H and O–H groups in total. The summed E-state index contributed by atoms with van der Waals surface area (Å²) in [4.78, 5) is 5.46. The Bertz CT molecular complexity index is 620. The van der Waals surface area contributed by atoms with E-state index >= 15 is 0 Å². The van der Waals surface area contributed by atoms with Crippen LogP contribution in [0.4, 0.5) is 0 Å². The minimum absolute atomic E-state index is 0.205. The van der Waals surface area contributed by atoms with E-state index in [-0.39, 0.29) is 21.3 Å². The van der Waals surface area contributed by atoms with E-state index in [9.17, 15) is 0 Å². The van der Waals surface area contributed by atoms with Crippen LogP contribution in [0.1, 0.15) is 4.88 Å². The summed E-state index contributed by atoms with van der Waals surface area (Å²) in [6, 6.07) is 3.88. The highest BCUT2D eigenvalue weighted by Gasteiger charge is 2.12. The van der Waals surface area contributed by atoms with E-state index in [1.54, 1.807) is 17.5 Å². The fraction of sp³-hybridized carbons (Fsp3) is 0.100. The number of hydrogen-bond donors (Lipinski definition) is 0. The maximum Gasteiger partial charge on any atom is 0.120 e. The van der Waals surface area contributed by atoms with Crippen molar-refractivity contribution in [3.05, 3.63) is 34.4 Å². The zero-order valence-electron chi connectivity index (χ0n) is 8.32. The van der Waals surface area contributed by atoms with Gasteiger partial charge in [-0.2, -0.15) is 0 Å². The summed E-state index contributed by atoms with van der Waals surface area (Å²) in [5.74, 6) is 0. The monoisotopic (exact) mass is 363 g/mol. The molecular weight excluding hydrogens is 357 g/mol. The van der Waals surface area contributed by atoms with Gasteiger partial charge in [0.15, 0.2) is 0 Å². The van der Waals surface area contributed by atoms with Crippen molar-refractivity contribution in [3.63, 3.8) is 0 Å². The lowest BCUT2D eigenvalue weighted by molar-refractivity contribution is 0.841. The lowest BCUT2D eigenvalue weighted by Gasteiger charge is -1.95. The van der Waals surface area contributed by atoms with E-state index < -0.39 is 0 Å². The van der Waals surface area contributed by atoms with Crippen LogP contribution in [0.2, 0.25) is 5.02 Å². The van der Waals surface area contributed by atoms with Crippen molar-refractivity contribution < 1.29 is 0 Å². The third-order valence-electron chi connectivity index (χ3n) is 2.16. The highest BCUT2D eigenvalue weighted by Crippen LogP contribution is 2.38. The number of rotatable bonds is 1. The summed E-state index contributed by atoms with van der Waals surface area (Å²) in [7, 11) is 2.06. The number of thiophene rings is 1. The molecule has 1 aliphatic rings. The van der Waals surface area contributed by atoms with Gasteiger partial charge in [0.25, 0.3) is 0 Å². The Morgan fingerprint density at radius 2 is 2.38 bits per heavy atom. The lowest BCUT2D eigenvalue weighted by atomic mass is 10.3. The molecule has 2 aromatic heterocycles. The fourth-order valence-corrected chi connectivity index (χ4v) is 4.20. The van der Waals surface area contributed by atoms with E-state index in [0.29, 0.717) is 0 Å². The predicted octanol–water partition coefficient (Wildman–Crippen LogP) is 4.26. The molecule has 0 fully saturated rings. The largest absolute Gasteiger partial charge is 0.313 e. The molecule has 2 aromatic rings. The predicted molar refractivity (Wildman–Crippen MR) is 76.8 cm³/mol. The first-order chi connectivity index (χ1) is 7.74. The van der Waals surface area contributed by atoms with E-state index in [2.05, 4.69) is 30.6 Å². The van der Waals surface area contributed by atoms with E-state index in [1.807, 2.05) is 6.07 Å². The molecule has 0 saturated heterocycles. The third kappa shape index (κ3) is 1.76. The number of pyridine rings is 1. The Morgan fingerprint density at radius 3 is 3.06 bits per heavy atom. The van der Waals surface area contributed by atoms with Gasteiger partial charge in [0.1, 0.15) is 27.0 Å². The second kappa shape index (κ2) is 4.05. The molecule has 0 amide bonds. The van der Waals surface area contributed by atoms with Gasteiger partial charge in [-0.3, -0.25) is 4.98 Å². The number of aromatic nitrogens is 1. The second-order valence-electron chi connectivity index (χ2n) is 3.32. The molecule has 16 heavy (non-hydrogen) atoms. The van der Waals surface area contributed by atoms with Crippen LogP contribution in [-0.2, 0) is 0 Å². The molecule has 82 valence electrons. The fourth-order valence-electron chi connectivity index (χ4n) is 1.45.